The van der Waals surface area contributed by atoms with Crippen LogP contribution in [0.2, 0.25) is 18.1 Å². The Labute approximate surface area is 126 Å². The number of hydrogen-bond acceptors (Lipinski definition) is 2. The number of ether oxygens (including phenoxy) is 1. The molecule has 0 aliphatic carbocycles. The third-order valence-electron chi connectivity index (χ3n) is 3.90. The van der Waals surface area contributed by atoms with Crippen LogP contribution in [0.3, 0.4) is 0 Å². The molecule has 0 unspecified atom stereocenters. The molecule has 0 aromatic heterocycles. The largest absolute Gasteiger partial charge is 0.496 e. The third kappa shape index (κ3) is 4.33. The minimum absolute atomic E-state index is 0.232. The van der Waals surface area contributed by atoms with E-state index in [1.165, 1.54) is 5.56 Å². The quantitative estimate of drug-likeness (QED) is 0.545. The van der Waals surface area contributed by atoms with Crippen molar-refractivity contribution in [3.63, 3.8) is 0 Å². The van der Waals surface area contributed by atoms with Gasteiger partial charge in [-0.25, -0.2) is 0 Å². The molecule has 2 nitrogen and oxygen atoms in total. The summed E-state index contributed by atoms with van der Waals surface area (Å²) >= 11 is 3.46. The first-order valence-corrected chi connectivity index (χ1v) is 10.6. The molecule has 0 aliphatic heterocycles. The highest BCUT2D eigenvalue weighted by molar-refractivity contribution is 9.08. The van der Waals surface area contributed by atoms with Crippen molar-refractivity contribution >= 4 is 24.2 Å². The fourth-order valence-electron chi connectivity index (χ4n) is 1.47. The predicted octanol–water partition coefficient (Wildman–Crippen LogP) is 5.11. The van der Waals surface area contributed by atoms with Gasteiger partial charge in [-0.1, -0.05) is 48.8 Å². The Morgan fingerprint density at radius 3 is 2.32 bits per heavy atom. The average molecular weight is 345 g/mol. The van der Waals surface area contributed by atoms with Crippen LogP contribution in [-0.2, 0) is 16.4 Å². The molecule has 4 heteroatoms. The zero-order valence-corrected chi connectivity index (χ0v) is 15.4. The van der Waals surface area contributed by atoms with Gasteiger partial charge < -0.3 is 9.16 Å². The molecule has 19 heavy (non-hydrogen) atoms. The van der Waals surface area contributed by atoms with Crippen molar-refractivity contribution in [1.82, 2.24) is 0 Å². The third-order valence-corrected chi connectivity index (χ3v) is 9.03. The summed E-state index contributed by atoms with van der Waals surface area (Å²) in [5.74, 6) is 0.913. The monoisotopic (exact) mass is 344 g/mol. The van der Waals surface area contributed by atoms with Gasteiger partial charge in [-0.15, -0.1) is 0 Å². The first-order chi connectivity index (χ1) is 8.71. The van der Waals surface area contributed by atoms with Crippen LogP contribution >= 0.6 is 15.9 Å². The molecule has 1 aromatic carbocycles. The van der Waals surface area contributed by atoms with E-state index in [1.54, 1.807) is 7.11 Å². The SMILES string of the molecule is COc1cc(CBr)ccc1CO[Si](C)(C)C(C)(C)C. The molecule has 0 bridgehead atoms. The summed E-state index contributed by atoms with van der Waals surface area (Å²) in [6.45, 7) is 11.9. The molecule has 108 valence electrons. The van der Waals surface area contributed by atoms with Gasteiger partial charge in [0.05, 0.1) is 13.7 Å². The maximum Gasteiger partial charge on any atom is 0.192 e. The van der Waals surface area contributed by atoms with Gasteiger partial charge in [0.1, 0.15) is 5.75 Å². The molecule has 0 radical (unpaired) electrons. The highest BCUT2D eigenvalue weighted by Gasteiger charge is 2.37. The Morgan fingerprint density at radius 1 is 1.21 bits per heavy atom. The first kappa shape index (κ1) is 16.7. The lowest BCUT2D eigenvalue weighted by molar-refractivity contribution is 0.269. The van der Waals surface area contributed by atoms with Crippen LogP contribution in [0.1, 0.15) is 31.9 Å². The summed E-state index contributed by atoms with van der Waals surface area (Å²) in [4.78, 5) is 0. The number of rotatable bonds is 5. The van der Waals surface area contributed by atoms with Crippen LogP contribution in [0.4, 0.5) is 0 Å². The smallest absolute Gasteiger partial charge is 0.192 e. The second-order valence-electron chi connectivity index (χ2n) is 6.33. The van der Waals surface area contributed by atoms with Crippen molar-refractivity contribution in [2.75, 3.05) is 7.11 Å². The molecule has 0 spiro atoms. The maximum atomic E-state index is 6.24. The second-order valence-corrected chi connectivity index (χ2v) is 11.7. The van der Waals surface area contributed by atoms with E-state index in [0.29, 0.717) is 6.61 Å². The van der Waals surface area contributed by atoms with Gasteiger partial charge >= 0.3 is 0 Å². The van der Waals surface area contributed by atoms with Crippen LogP contribution in [0.15, 0.2) is 18.2 Å². The minimum atomic E-state index is -1.71. The molecule has 0 atom stereocenters. The van der Waals surface area contributed by atoms with Crippen molar-refractivity contribution in [2.24, 2.45) is 0 Å². The van der Waals surface area contributed by atoms with Gasteiger partial charge in [-0.05, 0) is 29.8 Å². The lowest BCUT2D eigenvalue weighted by Crippen LogP contribution is -2.40. The molecule has 0 aliphatic rings. The molecule has 0 heterocycles. The van der Waals surface area contributed by atoms with E-state index in [4.69, 9.17) is 9.16 Å². The molecular formula is C15H25BrO2Si. The Balaban J connectivity index is 2.83. The lowest BCUT2D eigenvalue weighted by Gasteiger charge is -2.36. The first-order valence-electron chi connectivity index (χ1n) is 6.57. The predicted molar refractivity (Wildman–Crippen MR) is 87.6 cm³/mol. The Bertz CT molecular complexity index is 425. The molecule has 1 aromatic rings. The fourth-order valence-corrected chi connectivity index (χ4v) is 2.76. The summed E-state index contributed by atoms with van der Waals surface area (Å²) in [6, 6.07) is 6.28. The van der Waals surface area contributed by atoms with Crippen LogP contribution in [-0.4, -0.2) is 15.4 Å². The average Bonchev–Trinajstić information content (AvgIpc) is 2.34. The minimum Gasteiger partial charge on any atom is -0.496 e. The standard InChI is InChI=1S/C15H25BrO2Si/c1-15(2,3)19(5,6)18-11-13-8-7-12(10-16)9-14(13)17-4/h7-9H,10-11H2,1-6H3. The number of alkyl halides is 1. The van der Waals surface area contributed by atoms with Crippen LogP contribution in [0, 0.1) is 0 Å². The number of methoxy groups -OCH3 is 1. The molecule has 0 saturated carbocycles. The summed E-state index contributed by atoms with van der Waals surface area (Å²) in [5, 5.41) is 1.07. The van der Waals surface area contributed by atoms with E-state index in [0.717, 1.165) is 16.6 Å². The van der Waals surface area contributed by atoms with E-state index in [1.807, 2.05) is 0 Å². The molecule has 1 rings (SSSR count). The summed E-state index contributed by atoms with van der Waals surface area (Å²) in [5.41, 5.74) is 2.34. The highest BCUT2D eigenvalue weighted by atomic mass is 79.9. The second kappa shape index (κ2) is 6.42. The normalized spacial score (nSPS) is 12.6. The summed E-state index contributed by atoms with van der Waals surface area (Å²) < 4.78 is 11.7. The fraction of sp³-hybridized carbons (Fsp3) is 0.600. The molecule has 0 amide bonds. The van der Waals surface area contributed by atoms with Crippen LogP contribution in [0.5, 0.6) is 5.75 Å². The van der Waals surface area contributed by atoms with Gasteiger partial charge in [-0.2, -0.15) is 0 Å². The number of halogens is 1. The summed E-state index contributed by atoms with van der Waals surface area (Å²) in [6.07, 6.45) is 0. The van der Waals surface area contributed by atoms with Gasteiger partial charge in [0, 0.05) is 10.9 Å². The van der Waals surface area contributed by atoms with E-state index < -0.39 is 8.32 Å². The zero-order valence-electron chi connectivity index (χ0n) is 12.8. The Morgan fingerprint density at radius 2 is 1.84 bits per heavy atom. The van der Waals surface area contributed by atoms with Crippen molar-refractivity contribution in [1.29, 1.82) is 0 Å². The number of hydrogen-bond donors (Lipinski definition) is 0. The summed E-state index contributed by atoms with van der Waals surface area (Å²) in [7, 11) is 0.00139. The van der Waals surface area contributed by atoms with Crippen LogP contribution in [0.25, 0.3) is 0 Å². The van der Waals surface area contributed by atoms with Gasteiger partial charge in [-0.3, -0.25) is 0 Å². The molecule has 0 saturated heterocycles. The van der Waals surface area contributed by atoms with E-state index in [9.17, 15) is 0 Å². The topological polar surface area (TPSA) is 18.5 Å². The highest BCUT2D eigenvalue weighted by Crippen LogP contribution is 2.37. The van der Waals surface area contributed by atoms with E-state index in [-0.39, 0.29) is 5.04 Å². The van der Waals surface area contributed by atoms with Gasteiger partial charge in [0.2, 0.25) is 0 Å². The Hall–Kier alpha value is -0.323. The van der Waals surface area contributed by atoms with Gasteiger partial charge in [0.25, 0.3) is 0 Å². The molecule has 0 N–H and O–H groups in total. The van der Waals surface area contributed by atoms with Gasteiger partial charge in [0.15, 0.2) is 8.32 Å². The van der Waals surface area contributed by atoms with Crippen LogP contribution < -0.4 is 4.74 Å². The maximum absolute atomic E-state index is 6.24. The van der Waals surface area contributed by atoms with E-state index in [2.05, 4.69) is 68.0 Å². The van der Waals surface area contributed by atoms with Crippen molar-refractivity contribution in [2.45, 2.75) is 50.8 Å². The number of benzene rings is 1. The van der Waals surface area contributed by atoms with Crippen molar-refractivity contribution in [3.8, 4) is 5.75 Å². The van der Waals surface area contributed by atoms with E-state index >= 15 is 0 Å². The molecule has 0 fully saturated rings. The van der Waals surface area contributed by atoms with Crippen molar-refractivity contribution in [3.05, 3.63) is 29.3 Å². The Kier molecular flexibility index (Phi) is 5.65. The van der Waals surface area contributed by atoms with Crippen molar-refractivity contribution < 1.29 is 9.16 Å². The molecular weight excluding hydrogens is 320 g/mol. The zero-order chi connectivity index (χ0) is 14.7. The lowest BCUT2D eigenvalue weighted by atomic mass is 10.1.